The fourth-order valence-corrected chi connectivity index (χ4v) is 1.62. The van der Waals surface area contributed by atoms with Gasteiger partial charge in [-0.2, -0.15) is 0 Å². The smallest absolute Gasteiger partial charge is 0.314 e. The molecule has 0 aliphatic carbocycles. The number of methoxy groups -OCH3 is 1. The van der Waals surface area contributed by atoms with Gasteiger partial charge in [0.15, 0.2) is 5.75 Å². The highest BCUT2D eigenvalue weighted by Gasteiger charge is 2.16. The van der Waals surface area contributed by atoms with Crippen LogP contribution in [0, 0.1) is 10.1 Å². The van der Waals surface area contributed by atoms with E-state index in [1.165, 1.54) is 19.2 Å². The molecule has 2 rings (SSSR count). The highest BCUT2D eigenvalue weighted by molar-refractivity contribution is 5.51. The molecule has 7 heteroatoms. The minimum Gasteiger partial charge on any atom is -0.496 e. The molecule has 0 saturated heterocycles. The van der Waals surface area contributed by atoms with Crippen molar-refractivity contribution >= 4 is 11.4 Å². The first-order chi connectivity index (χ1) is 9.60. The maximum absolute atomic E-state index is 11.0. The predicted molar refractivity (Wildman–Crippen MR) is 72.6 cm³/mol. The quantitative estimate of drug-likeness (QED) is 0.662. The van der Waals surface area contributed by atoms with E-state index in [4.69, 9.17) is 15.2 Å². The number of nitro groups is 1. The van der Waals surface area contributed by atoms with Gasteiger partial charge < -0.3 is 15.2 Å². The summed E-state index contributed by atoms with van der Waals surface area (Å²) in [7, 11) is 1.44. The second kappa shape index (κ2) is 5.87. The average Bonchev–Trinajstić information content (AvgIpc) is 2.45. The van der Waals surface area contributed by atoms with Gasteiger partial charge in [0.1, 0.15) is 12.4 Å². The highest BCUT2D eigenvalue weighted by atomic mass is 16.6. The average molecular weight is 275 g/mol. The summed E-state index contributed by atoms with van der Waals surface area (Å²) in [6.07, 6.45) is 1.55. The Hall–Kier alpha value is -2.83. The molecule has 0 unspecified atom stereocenters. The second-order valence-electron chi connectivity index (χ2n) is 3.96. The van der Waals surface area contributed by atoms with Gasteiger partial charge in [0, 0.05) is 11.9 Å². The number of hydrogen-bond acceptors (Lipinski definition) is 6. The molecule has 104 valence electrons. The van der Waals surface area contributed by atoms with Crippen LogP contribution >= 0.6 is 0 Å². The number of nitrogen functional groups attached to an aromatic ring is 1. The first kappa shape index (κ1) is 13.6. The lowest BCUT2D eigenvalue weighted by molar-refractivity contribution is -0.386. The molecule has 2 aromatic rings. The van der Waals surface area contributed by atoms with E-state index in [0.717, 1.165) is 0 Å². The summed E-state index contributed by atoms with van der Waals surface area (Å²) in [6.45, 7) is 0.0954. The number of benzene rings is 1. The lowest BCUT2D eigenvalue weighted by Gasteiger charge is -2.08. The summed E-state index contributed by atoms with van der Waals surface area (Å²) < 4.78 is 10.4. The van der Waals surface area contributed by atoms with E-state index in [1.807, 2.05) is 0 Å². The molecule has 0 saturated carbocycles. The third kappa shape index (κ3) is 3.14. The molecule has 1 aromatic heterocycles. The first-order valence-corrected chi connectivity index (χ1v) is 5.76. The summed E-state index contributed by atoms with van der Waals surface area (Å²) in [5.74, 6) is 0.547. The van der Waals surface area contributed by atoms with Crippen molar-refractivity contribution in [3.05, 3.63) is 52.3 Å². The van der Waals surface area contributed by atoms with Gasteiger partial charge in [0.05, 0.1) is 23.8 Å². The number of nitrogens with zero attached hydrogens (tertiary/aromatic N) is 2. The van der Waals surface area contributed by atoms with Crippen LogP contribution in [0.2, 0.25) is 0 Å². The zero-order valence-electron chi connectivity index (χ0n) is 10.8. The van der Waals surface area contributed by atoms with E-state index in [-0.39, 0.29) is 18.0 Å². The molecule has 2 N–H and O–H groups in total. The van der Waals surface area contributed by atoms with Crippen molar-refractivity contribution in [1.82, 2.24) is 4.98 Å². The lowest BCUT2D eigenvalue weighted by Crippen LogP contribution is -2.02. The van der Waals surface area contributed by atoms with Crippen LogP contribution in [0.1, 0.15) is 5.69 Å². The Morgan fingerprint density at radius 3 is 2.80 bits per heavy atom. The second-order valence-corrected chi connectivity index (χ2v) is 3.96. The van der Waals surface area contributed by atoms with Crippen LogP contribution in [-0.2, 0) is 6.61 Å². The standard InChI is InChI=1S/C13H13N3O4/c1-19-11-2-3-13(12(7-11)16(17)18)20-8-10-6-9(14)4-5-15-10/h2-7H,8H2,1H3,(H2,14,15). The van der Waals surface area contributed by atoms with Crippen molar-refractivity contribution in [3.8, 4) is 11.5 Å². The Morgan fingerprint density at radius 1 is 1.35 bits per heavy atom. The molecule has 7 nitrogen and oxygen atoms in total. The molecule has 0 aliphatic heterocycles. The number of aromatic nitrogens is 1. The molecule has 20 heavy (non-hydrogen) atoms. The number of ether oxygens (including phenoxy) is 2. The number of rotatable bonds is 5. The van der Waals surface area contributed by atoms with Crippen LogP contribution < -0.4 is 15.2 Å². The molecule has 0 radical (unpaired) electrons. The fourth-order valence-electron chi connectivity index (χ4n) is 1.62. The summed E-state index contributed by atoms with van der Waals surface area (Å²) >= 11 is 0. The van der Waals surface area contributed by atoms with Crippen molar-refractivity contribution in [3.63, 3.8) is 0 Å². The van der Waals surface area contributed by atoms with Gasteiger partial charge in [-0.3, -0.25) is 15.1 Å². The molecule has 0 atom stereocenters. The van der Waals surface area contributed by atoms with E-state index in [0.29, 0.717) is 17.1 Å². The highest BCUT2D eigenvalue weighted by Crippen LogP contribution is 2.31. The normalized spacial score (nSPS) is 10.1. The van der Waals surface area contributed by atoms with Gasteiger partial charge in [-0.25, -0.2) is 0 Å². The molecular formula is C13H13N3O4. The number of anilines is 1. The van der Waals surface area contributed by atoms with E-state index >= 15 is 0 Å². The van der Waals surface area contributed by atoms with Crippen LogP contribution in [-0.4, -0.2) is 17.0 Å². The number of pyridine rings is 1. The van der Waals surface area contributed by atoms with E-state index in [9.17, 15) is 10.1 Å². The zero-order chi connectivity index (χ0) is 14.5. The van der Waals surface area contributed by atoms with Gasteiger partial charge >= 0.3 is 5.69 Å². The summed E-state index contributed by atoms with van der Waals surface area (Å²) in [6, 6.07) is 7.69. The van der Waals surface area contributed by atoms with Crippen molar-refractivity contribution in [1.29, 1.82) is 0 Å². The molecule has 0 amide bonds. The van der Waals surface area contributed by atoms with Crippen LogP contribution in [0.3, 0.4) is 0 Å². The first-order valence-electron chi connectivity index (χ1n) is 5.76. The number of hydrogen-bond donors (Lipinski definition) is 1. The Bertz CT molecular complexity index is 631. The van der Waals surface area contributed by atoms with Gasteiger partial charge in [0.2, 0.25) is 0 Å². The number of nitro benzene ring substituents is 1. The molecule has 0 spiro atoms. The van der Waals surface area contributed by atoms with Crippen molar-refractivity contribution in [2.24, 2.45) is 0 Å². The Kier molecular flexibility index (Phi) is 3.99. The lowest BCUT2D eigenvalue weighted by atomic mass is 10.2. The van der Waals surface area contributed by atoms with Gasteiger partial charge in [-0.05, 0) is 24.3 Å². The monoisotopic (exact) mass is 275 g/mol. The third-order valence-corrected chi connectivity index (χ3v) is 2.58. The third-order valence-electron chi connectivity index (χ3n) is 2.58. The molecule has 0 fully saturated rings. The Balaban J connectivity index is 2.18. The summed E-state index contributed by atoms with van der Waals surface area (Å²) in [5.41, 5.74) is 6.62. The van der Waals surface area contributed by atoms with Crippen molar-refractivity contribution < 1.29 is 14.4 Å². The zero-order valence-corrected chi connectivity index (χ0v) is 10.8. The Labute approximate surface area is 115 Å². The topological polar surface area (TPSA) is 101 Å². The minimum absolute atomic E-state index is 0.0954. The minimum atomic E-state index is -0.523. The van der Waals surface area contributed by atoms with Crippen LogP contribution in [0.5, 0.6) is 11.5 Å². The maximum atomic E-state index is 11.0. The van der Waals surface area contributed by atoms with Gasteiger partial charge in [-0.15, -0.1) is 0 Å². The maximum Gasteiger partial charge on any atom is 0.314 e. The number of nitrogens with two attached hydrogens (primary N) is 1. The molecule has 0 bridgehead atoms. The largest absolute Gasteiger partial charge is 0.496 e. The fraction of sp³-hybridized carbons (Fsp3) is 0.154. The van der Waals surface area contributed by atoms with E-state index < -0.39 is 4.92 Å². The van der Waals surface area contributed by atoms with Crippen LogP contribution in [0.4, 0.5) is 11.4 Å². The molecular weight excluding hydrogens is 262 g/mol. The Morgan fingerprint density at radius 2 is 2.15 bits per heavy atom. The van der Waals surface area contributed by atoms with E-state index in [1.54, 1.807) is 24.4 Å². The molecule has 1 heterocycles. The predicted octanol–water partition coefficient (Wildman–Crippen LogP) is 2.16. The van der Waals surface area contributed by atoms with Crippen molar-refractivity contribution in [2.75, 3.05) is 12.8 Å². The van der Waals surface area contributed by atoms with Crippen LogP contribution in [0.15, 0.2) is 36.5 Å². The van der Waals surface area contributed by atoms with E-state index in [2.05, 4.69) is 4.98 Å². The molecule has 0 aliphatic rings. The summed E-state index contributed by atoms with van der Waals surface area (Å²) in [5, 5.41) is 11.0. The van der Waals surface area contributed by atoms with Crippen molar-refractivity contribution in [2.45, 2.75) is 6.61 Å². The van der Waals surface area contributed by atoms with Gasteiger partial charge in [0.25, 0.3) is 0 Å². The molecule has 1 aromatic carbocycles. The SMILES string of the molecule is COc1ccc(OCc2cc(N)ccn2)c([N+](=O)[O-])c1. The summed E-state index contributed by atoms with van der Waals surface area (Å²) in [4.78, 5) is 14.5. The van der Waals surface area contributed by atoms with Gasteiger partial charge in [-0.1, -0.05) is 0 Å². The van der Waals surface area contributed by atoms with Crippen LogP contribution in [0.25, 0.3) is 0 Å².